The molecule has 2 fully saturated rings. The van der Waals surface area contributed by atoms with E-state index in [-0.39, 0.29) is 29.8 Å². The quantitative estimate of drug-likeness (QED) is 0.756. The standard InChI is InChI=1S/C22H25FN2O/c1-15(2)14-24-20-12-11-19(16-7-4-3-5-8-16)21(20)25(22(24)26)18-10-6-9-17(23)13-18/h3-10,13,15,19-21H,11-12,14H2,1-2H3/t19-,20-,21+/m0/s1. The lowest BCUT2D eigenvalue weighted by Crippen LogP contribution is -2.38. The van der Waals surface area contributed by atoms with E-state index in [1.807, 2.05) is 21.9 Å². The number of urea groups is 1. The van der Waals surface area contributed by atoms with E-state index in [1.54, 1.807) is 6.07 Å². The highest BCUT2D eigenvalue weighted by Crippen LogP contribution is 2.46. The van der Waals surface area contributed by atoms with Crippen LogP contribution in [0.2, 0.25) is 0 Å². The Hall–Kier alpha value is -2.36. The van der Waals surface area contributed by atoms with Gasteiger partial charge in [-0.05, 0) is 42.5 Å². The van der Waals surface area contributed by atoms with E-state index in [0.717, 1.165) is 19.4 Å². The molecule has 2 aromatic carbocycles. The lowest BCUT2D eigenvalue weighted by Gasteiger charge is -2.28. The average molecular weight is 352 g/mol. The zero-order valence-corrected chi connectivity index (χ0v) is 15.3. The van der Waals surface area contributed by atoms with Crippen molar-refractivity contribution in [2.45, 2.75) is 44.7 Å². The number of fused-ring (bicyclic) bond motifs is 1. The van der Waals surface area contributed by atoms with Crippen molar-refractivity contribution in [3.63, 3.8) is 0 Å². The van der Waals surface area contributed by atoms with Crippen LogP contribution < -0.4 is 4.90 Å². The summed E-state index contributed by atoms with van der Waals surface area (Å²) in [6.07, 6.45) is 2.04. The third-order valence-electron chi connectivity index (χ3n) is 5.61. The topological polar surface area (TPSA) is 23.6 Å². The number of hydrogen-bond acceptors (Lipinski definition) is 1. The van der Waals surface area contributed by atoms with Gasteiger partial charge in [-0.2, -0.15) is 0 Å². The minimum absolute atomic E-state index is 0.0138. The minimum Gasteiger partial charge on any atom is -0.319 e. The zero-order chi connectivity index (χ0) is 18.3. The number of amides is 2. The fraction of sp³-hybridized carbons (Fsp3) is 0.409. The second-order valence-electron chi connectivity index (χ2n) is 7.83. The van der Waals surface area contributed by atoms with Crippen molar-refractivity contribution in [1.82, 2.24) is 4.90 Å². The van der Waals surface area contributed by atoms with Gasteiger partial charge in [-0.1, -0.05) is 50.2 Å². The number of anilines is 1. The summed E-state index contributed by atoms with van der Waals surface area (Å²) in [5, 5.41) is 0. The summed E-state index contributed by atoms with van der Waals surface area (Å²) in [5.74, 6) is 0.386. The molecule has 0 bridgehead atoms. The van der Waals surface area contributed by atoms with E-state index in [2.05, 4.69) is 38.1 Å². The van der Waals surface area contributed by atoms with Gasteiger partial charge in [0, 0.05) is 18.2 Å². The molecule has 1 saturated heterocycles. The summed E-state index contributed by atoms with van der Waals surface area (Å²) in [7, 11) is 0. The van der Waals surface area contributed by atoms with Gasteiger partial charge in [-0.15, -0.1) is 0 Å². The molecule has 2 aliphatic rings. The Morgan fingerprint density at radius 3 is 2.54 bits per heavy atom. The van der Waals surface area contributed by atoms with Crippen LogP contribution in [0, 0.1) is 11.7 Å². The Morgan fingerprint density at radius 1 is 1.08 bits per heavy atom. The largest absolute Gasteiger partial charge is 0.325 e. The summed E-state index contributed by atoms with van der Waals surface area (Å²) in [6, 6.07) is 17.1. The number of rotatable bonds is 4. The molecule has 136 valence electrons. The molecule has 0 radical (unpaired) electrons. The third kappa shape index (κ3) is 2.87. The molecule has 2 amide bonds. The van der Waals surface area contributed by atoms with Gasteiger partial charge in [-0.3, -0.25) is 4.90 Å². The molecule has 26 heavy (non-hydrogen) atoms. The minimum atomic E-state index is -0.302. The number of carbonyl (C=O) groups excluding carboxylic acids is 1. The fourth-order valence-corrected chi connectivity index (χ4v) is 4.64. The first-order valence-corrected chi connectivity index (χ1v) is 9.46. The predicted molar refractivity (Wildman–Crippen MR) is 102 cm³/mol. The highest BCUT2D eigenvalue weighted by molar-refractivity contribution is 5.96. The first-order valence-electron chi connectivity index (χ1n) is 9.46. The monoisotopic (exact) mass is 352 g/mol. The third-order valence-corrected chi connectivity index (χ3v) is 5.61. The highest BCUT2D eigenvalue weighted by Gasteiger charge is 2.53. The van der Waals surface area contributed by atoms with Crippen molar-refractivity contribution < 1.29 is 9.18 Å². The molecule has 0 spiro atoms. The van der Waals surface area contributed by atoms with Gasteiger partial charge in [0.25, 0.3) is 0 Å². The molecule has 2 aromatic rings. The van der Waals surface area contributed by atoms with Crippen LogP contribution in [-0.4, -0.2) is 29.6 Å². The van der Waals surface area contributed by atoms with E-state index in [9.17, 15) is 9.18 Å². The normalized spacial score (nSPS) is 25.2. The second kappa shape index (κ2) is 6.75. The van der Waals surface area contributed by atoms with Crippen LogP contribution in [-0.2, 0) is 0 Å². The molecule has 1 aliphatic carbocycles. The smallest absolute Gasteiger partial charge is 0.319 e. The lowest BCUT2D eigenvalue weighted by atomic mass is 9.92. The first kappa shape index (κ1) is 17.1. The summed E-state index contributed by atoms with van der Waals surface area (Å²) >= 11 is 0. The van der Waals surface area contributed by atoms with Gasteiger partial charge in [-0.25, -0.2) is 9.18 Å². The zero-order valence-electron chi connectivity index (χ0n) is 15.3. The van der Waals surface area contributed by atoms with Gasteiger partial charge in [0.15, 0.2) is 0 Å². The molecule has 1 saturated carbocycles. The molecular formula is C22H25FN2O. The Morgan fingerprint density at radius 2 is 1.85 bits per heavy atom. The molecule has 0 unspecified atom stereocenters. The summed E-state index contributed by atoms with van der Waals surface area (Å²) in [6.45, 7) is 5.01. The highest BCUT2D eigenvalue weighted by atomic mass is 19.1. The molecule has 4 heteroatoms. The van der Waals surface area contributed by atoms with Crippen molar-refractivity contribution in [1.29, 1.82) is 0 Å². The Bertz CT molecular complexity index is 792. The Labute approximate surface area is 154 Å². The van der Waals surface area contributed by atoms with Gasteiger partial charge < -0.3 is 4.90 Å². The average Bonchev–Trinajstić information content (AvgIpc) is 3.15. The number of benzene rings is 2. The molecule has 3 atom stereocenters. The second-order valence-corrected chi connectivity index (χ2v) is 7.83. The molecule has 4 rings (SSSR count). The van der Waals surface area contributed by atoms with Gasteiger partial charge >= 0.3 is 6.03 Å². The van der Waals surface area contributed by atoms with E-state index < -0.39 is 0 Å². The molecule has 1 aliphatic heterocycles. The van der Waals surface area contributed by atoms with Crippen LogP contribution in [0.15, 0.2) is 54.6 Å². The van der Waals surface area contributed by atoms with Crippen LogP contribution in [0.4, 0.5) is 14.9 Å². The summed E-state index contributed by atoms with van der Waals surface area (Å²) in [4.78, 5) is 17.1. The van der Waals surface area contributed by atoms with E-state index in [0.29, 0.717) is 11.6 Å². The van der Waals surface area contributed by atoms with Crippen molar-refractivity contribution >= 4 is 11.7 Å². The van der Waals surface area contributed by atoms with Crippen LogP contribution >= 0.6 is 0 Å². The predicted octanol–water partition coefficient (Wildman–Crippen LogP) is 5.04. The van der Waals surface area contributed by atoms with Crippen molar-refractivity contribution in [3.05, 3.63) is 66.0 Å². The van der Waals surface area contributed by atoms with E-state index >= 15 is 0 Å². The number of halogens is 1. The molecule has 3 nitrogen and oxygen atoms in total. The lowest BCUT2D eigenvalue weighted by molar-refractivity contribution is 0.195. The van der Waals surface area contributed by atoms with Crippen molar-refractivity contribution in [2.24, 2.45) is 5.92 Å². The van der Waals surface area contributed by atoms with Gasteiger partial charge in [0.05, 0.1) is 12.1 Å². The maximum Gasteiger partial charge on any atom is 0.325 e. The maximum absolute atomic E-state index is 13.9. The van der Waals surface area contributed by atoms with Gasteiger partial charge in [0.1, 0.15) is 5.82 Å². The summed E-state index contributed by atoms with van der Waals surface area (Å²) < 4.78 is 13.9. The van der Waals surface area contributed by atoms with E-state index in [1.165, 1.54) is 17.7 Å². The molecule has 0 aromatic heterocycles. The first-order chi connectivity index (χ1) is 12.6. The maximum atomic E-state index is 13.9. The number of nitrogens with zero attached hydrogens (tertiary/aromatic N) is 2. The van der Waals surface area contributed by atoms with Crippen LogP contribution in [0.3, 0.4) is 0 Å². The number of hydrogen-bond donors (Lipinski definition) is 0. The molecule has 1 heterocycles. The van der Waals surface area contributed by atoms with Crippen LogP contribution in [0.25, 0.3) is 0 Å². The van der Waals surface area contributed by atoms with Crippen LogP contribution in [0.1, 0.15) is 38.2 Å². The van der Waals surface area contributed by atoms with Crippen LogP contribution in [0.5, 0.6) is 0 Å². The van der Waals surface area contributed by atoms with E-state index in [4.69, 9.17) is 0 Å². The van der Waals surface area contributed by atoms with Gasteiger partial charge in [0.2, 0.25) is 0 Å². The Balaban J connectivity index is 1.76. The molecule has 0 N–H and O–H groups in total. The summed E-state index contributed by atoms with van der Waals surface area (Å²) in [5.41, 5.74) is 1.93. The molecular weight excluding hydrogens is 327 g/mol. The Kier molecular flexibility index (Phi) is 4.43. The fourth-order valence-electron chi connectivity index (χ4n) is 4.64. The number of carbonyl (C=O) groups is 1. The van der Waals surface area contributed by atoms with Crippen molar-refractivity contribution in [3.8, 4) is 0 Å². The van der Waals surface area contributed by atoms with Crippen molar-refractivity contribution in [2.75, 3.05) is 11.4 Å². The SMILES string of the molecule is CC(C)CN1C(=O)N(c2cccc(F)c2)[C@@H]2[C@H](c3ccccc3)CC[C@@H]21.